The van der Waals surface area contributed by atoms with Gasteiger partial charge in [-0.1, -0.05) is 6.07 Å². The van der Waals surface area contributed by atoms with Gasteiger partial charge in [0, 0.05) is 19.1 Å². The van der Waals surface area contributed by atoms with Crippen molar-refractivity contribution in [3.05, 3.63) is 29.6 Å². The Morgan fingerprint density at radius 3 is 3.05 bits per heavy atom. The lowest BCUT2D eigenvalue weighted by atomic mass is 10.1. The van der Waals surface area contributed by atoms with Crippen LogP contribution in [-0.4, -0.2) is 44.2 Å². The van der Waals surface area contributed by atoms with E-state index in [0.717, 1.165) is 18.6 Å². The van der Waals surface area contributed by atoms with Crippen molar-refractivity contribution in [1.29, 1.82) is 0 Å². The summed E-state index contributed by atoms with van der Waals surface area (Å²) in [4.78, 5) is 13.8. The van der Waals surface area contributed by atoms with E-state index < -0.39 is 5.82 Å². The van der Waals surface area contributed by atoms with Gasteiger partial charge in [0.25, 0.3) is 0 Å². The van der Waals surface area contributed by atoms with Crippen LogP contribution in [0.2, 0.25) is 0 Å². The second-order valence-electron chi connectivity index (χ2n) is 5.45. The second-order valence-corrected chi connectivity index (χ2v) is 5.45. The Bertz CT molecular complexity index is 532. The van der Waals surface area contributed by atoms with Crippen LogP contribution in [0, 0.1) is 11.7 Å². The number of amides is 1. The number of carbonyl (C=O) groups excluding carboxylic acids is 1. The highest BCUT2D eigenvalue weighted by molar-refractivity contribution is 5.81. The van der Waals surface area contributed by atoms with Crippen LogP contribution in [0.1, 0.15) is 18.2 Å². The molecule has 2 fully saturated rings. The van der Waals surface area contributed by atoms with Gasteiger partial charge in [-0.3, -0.25) is 10.1 Å². The average Bonchev–Trinajstić information content (AvgIpc) is 3.11. The van der Waals surface area contributed by atoms with Crippen molar-refractivity contribution in [3.8, 4) is 5.75 Å². The van der Waals surface area contributed by atoms with E-state index in [4.69, 9.17) is 9.47 Å². The predicted molar refractivity (Wildman–Crippen MR) is 74.3 cm³/mol. The van der Waals surface area contributed by atoms with E-state index in [9.17, 15) is 9.18 Å². The van der Waals surface area contributed by atoms with Crippen LogP contribution in [0.3, 0.4) is 0 Å². The van der Waals surface area contributed by atoms with Gasteiger partial charge in [-0.25, -0.2) is 4.39 Å². The molecule has 2 aliphatic rings. The lowest BCUT2D eigenvalue weighted by Crippen LogP contribution is -2.35. The first kappa shape index (κ1) is 14.3. The number of hydrogen-bond donors (Lipinski definition) is 1. The quantitative estimate of drug-likeness (QED) is 0.909. The fraction of sp³-hybridized carbons (Fsp3) is 0.533. The lowest BCUT2D eigenvalue weighted by molar-refractivity contribution is -0.128. The number of carbonyl (C=O) groups is 1. The minimum atomic E-state index is -0.416. The fourth-order valence-corrected chi connectivity index (χ4v) is 2.90. The Kier molecular flexibility index (Phi) is 4.07. The number of nitrogens with zero attached hydrogens (tertiary/aromatic N) is 1. The van der Waals surface area contributed by atoms with Gasteiger partial charge < -0.3 is 14.4 Å². The van der Waals surface area contributed by atoms with E-state index in [2.05, 4.69) is 5.32 Å². The third kappa shape index (κ3) is 2.87. The second kappa shape index (κ2) is 5.99. The molecule has 2 saturated heterocycles. The van der Waals surface area contributed by atoms with Crippen LogP contribution in [0.4, 0.5) is 4.39 Å². The Morgan fingerprint density at radius 1 is 1.52 bits per heavy atom. The zero-order valence-electron chi connectivity index (χ0n) is 12.0. The molecule has 2 atom stereocenters. The Labute approximate surface area is 123 Å². The molecule has 114 valence electrons. The highest BCUT2D eigenvalue weighted by Crippen LogP contribution is 2.28. The Morgan fingerprint density at radius 2 is 2.38 bits per heavy atom. The monoisotopic (exact) mass is 294 g/mol. The maximum absolute atomic E-state index is 13.9. The summed E-state index contributed by atoms with van der Waals surface area (Å²) in [6.07, 6.45) is 0.687. The molecule has 2 unspecified atom stereocenters. The maximum Gasteiger partial charge on any atom is 0.238 e. The summed E-state index contributed by atoms with van der Waals surface area (Å²) in [5.41, 5.74) is 0.734. The van der Waals surface area contributed by atoms with E-state index in [1.807, 2.05) is 0 Å². The van der Waals surface area contributed by atoms with Gasteiger partial charge in [-0.15, -0.1) is 0 Å². The molecule has 3 rings (SSSR count). The van der Waals surface area contributed by atoms with E-state index >= 15 is 0 Å². The Hall–Kier alpha value is -1.66. The standard InChI is InChI=1S/C15H19FN2O3/c1-20-13-3-2-11(6-12(13)16)15-17-7-14(19)18(15)8-10-4-5-21-9-10/h2-3,6,10,15,17H,4-5,7-9H2,1H3. The minimum absolute atomic E-state index is 0.0446. The molecule has 1 aromatic rings. The van der Waals surface area contributed by atoms with Gasteiger partial charge in [-0.2, -0.15) is 0 Å². The van der Waals surface area contributed by atoms with Crippen LogP contribution < -0.4 is 10.1 Å². The minimum Gasteiger partial charge on any atom is -0.494 e. The highest BCUT2D eigenvalue weighted by Gasteiger charge is 2.34. The molecule has 5 nitrogen and oxygen atoms in total. The van der Waals surface area contributed by atoms with Crippen molar-refractivity contribution >= 4 is 5.91 Å². The predicted octanol–water partition coefficient (Wildman–Crippen LogP) is 1.30. The number of hydrogen-bond acceptors (Lipinski definition) is 4. The number of halogens is 1. The smallest absolute Gasteiger partial charge is 0.238 e. The van der Waals surface area contributed by atoms with Gasteiger partial charge in [0.15, 0.2) is 11.6 Å². The molecule has 0 spiro atoms. The van der Waals surface area contributed by atoms with Gasteiger partial charge in [0.05, 0.1) is 20.3 Å². The summed E-state index contributed by atoms with van der Waals surface area (Å²) >= 11 is 0. The number of nitrogens with one attached hydrogen (secondary N) is 1. The first-order chi connectivity index (χ1) is 10.2. The fourth-order valence-electron chi connectivity index (χ4n) is 2.90. The van der Waals surface area contributed by atoms with Crippen LogP contribution >= 0.6 is 0 Å². The summed E-state index contributed by atoms with van der Waals surface area (Å²) in [6, 6.07) is 4.80. The molecule has 21 heavy (non-hydrogen) atoms. The van der Waals surface area contributed by atoms with Crippen LogP contribution in [0.5, 0.6) is 5.75 Å². The van der Waals surface area contributed by atoms with Crippen molar-refractivity contribution in [2.24, 2.45) is 5.92 Å². The molecular weight excluding hydrogens is 275 g/mol. The van der Waals surface area contributed by atoms with E-state index in [1.54, 1.807) is 17.0 Å². The zero-order valence-corrected chi connectivity index (χ0v) is 12.0. The molecule has 2 heterocycles. The molecule has 0 saturated carbocycles. The molecule has 2 aliphatic heterocycles. The average molecular weight is 294 g/mol. The molecule has 0 aromatic heterocycles. The molecular formula is C15H19FN2O3. The summed E-state index contributed by atoms with van der Waals surface area (Å²) in [5.74, 6) is 0.196. The summed E-state index contributed by atoms with van der Waals surface area (Å²) in [7, 11) is 1.43. The topological polar surface area (TPSA) is 50.8 Å². The van der Waals surface area contributed by atoms with Crippen molar-refractivity contribution in [2.75, 3.05) is 33.4 Å². The lowest BCUT2D eigenvalue weighted by Gasteiger charge is -2.27. The zero-order chi connectivity index (χ0) is 14.8. The molecule has 0 bridgehead atoms. The summed E-state index contributed by atoms with van der Waals surface area (Å²) in [5, 5.41) is 3.14. The van der Waals surface area contributed by atoms with Crippen molar-refractivity contribution in [3.63, 3.8) is 0 Å². The molecule has 1 N–H and O–H groups in total. The van der Waals surface area contributed by atoms with Crippen molar-refractivity contribution < 1.29 is 18.7 Å². The van der Waals surface area contributed by atoms with Crippen molar-refractivity contribution in [2.45, 2.75) is 12.6 Å². The highest BCUT2D eigenvalue weighted by atomic mass is 19.1. The molecule has 0 radical (unpaired) electrons. The summed E-state index contributed by atoms with van der Waals surface area (Å²) in [6.45, 7) is 2.37. The third-order valence-corrected chi connectivity index (χ3v) is 4.05. The third-order valence-electron chi connectivity index (χ3n) is 4.05. The van der Waals surface area contributed by atoms with E-state index in [-0.39, 0.29) is 24.4 Å². The van der Waals surface area contributed by atoms with Crippen LogP contribution in [0.25, 0.3) is 0 Å². The van der Waals surface area contributed by atoms with Gasteiger partial charge in [-0.05, 0) is 24.1 Å². The molecule has 6 heteroatoms. The number of methoxy groups -OCH3 is 1. The summed E-state index contributed by atoms with van der Waals surface area (Å²) < 4.78 is 24.1. The SMILES string of the molecule is COc1ccc(C2NCC(=O)N2CC2CCOC2)cc1F. The van der Waals surface area contributed by atoms with Crippen LogP contribution in [0.15, 0.2) is 18.2 Å². The van der Waals surface area contributed by atoms with Crippen LogP contribution in [-0.2, 0) is 9.53 Å². The maximum atomic E-state index is 13.9. The largest absolute Gasteiger partial charge is 0.494 e. The van der Waals surface area contributed by atoms with Gasteiger partial charge in [0.1, 0.15) is 6.17 Å². The van der Waals surface area contributed by atoms with Crippen molar-refractivity contribution in [1.82, 2.24) is 10.2 Å². The first-order valence-corrected chi connectivity index (χ1v) is 7.13. The Balaban J connectivity index is 1.78. The number of ether oxygens (including phenoxy) is 2. The number of benzene rings is 1. The molecule has 1 aromatic carbocycles. The first-order valence-electron chi connectivity index (χ1n) is 7.13. The molecule has 1 amide bonds. The number of rotatable bonds is 4. The van der Waals surface area contributed by atoms with Gasteiger partial charge in [0.2, 0.25) is 5.91 Å². The van der Waals surface area contributed by atoms with E-state index in [1.165, 1.54) is 13.2 Å². The molecule has 0 aliphatic carbocycles. The van der Waals surface area contributed by atoms with Gasteiger partial charge >= 0.3 is 0 Å². The normalized spacial score (nSPS) is 25.6. The van der Waals surface area contributed by atoms with E-state index in [0.29, 0.717) is 19.1 Å².